The molecule has 1 aromatic carbocycles. The van der Waals surface area contributed by atoms with Crippen LogP contribution in [0.25, 0.3) is 5.69 Å². The fraction of sp³-hybridized carbons (Fsp3) is 0.278. The summed E-state index contributed by atoms with van der Waals surface area (Å²) >= 11 is 0. The van der Waals surface area contributed by atoms with Crippen LogP contribution in [0.15, 0.2) is 36.8 Å². The van der Waals surface area contributed by atoms with Gasteiger partial charge >= 0.3 is 0 Å². The Balaban J connectivity index is 1.54. The minimum Gasteiger partial charge on any atom is -0.319 e. The molecule has 0 aliphatic heterocycles. The van der Waals surface area contributed by atoms with Gasteiger partial charge in [-0.3, -0.25) is 9.89 Å². The van der Waals surface area contributed by atoms with Crippen LogP contribution >= 0.6 is 0 Å². The Morgan fingerprint density at radius 1 is 1.29 bits per heavy atom. The molecule has 0 bridgehead atoms. The highest BCUT2D eigenvalue weighted by molar-refractivity contribution is 6.05. The van der Waals surface area contributed by atoms with Crippen LogP contribution in [0.4, 0.5) is 5.69 Å². The lowest BCUT2D eigenvalue weighted by molar-refractivity contribution is 0.102. The number of amides is 1. The van der Waals surface area contributed by atoms with E-state index in [0.29, 0.717) is 17.2 Å². The van der Waals surface area contributed by atoms with Gasteiger partial charge in [-0.05, 0) is 38.3 Å². The zero-order chi connectivity index (χ0) is 16.7. The predicted octanol–water partition coefficient (Wildman–Crippen LogP) is 3.34. The topological polar surface area (TPSA) is 75.6 Å². The third kappa shape index (κ3) is 2.71. The number of rotatable bonds is 4. The summed E-state index contributed by atoms with van der Waals surface area (Å²) in [6.07, 6.45) is 7.32. The van der Waals surface area contributed by atoms with Gasteiger partial charge in [0.15, 0.2) is 0 Å². The maximum Gasteiger partial charge on any atom is 0.259 e. The van der Waals surface area contributed by atoms with Gasteiger partial charge in [-0.15, -0.1) is 0 Å². The number of aryl methyl sites for hydroxylation is 2. The maximum atomic E-state index is 12.5. The summed E-state index contributed by atoms with van der Waals surface area (Å²) < 4.78 is 1.78. The van der Waals surface area contributed by atoms with E-state index < -0.39 is 0 Å². The summed E-state index contributed by atoms with van der Waals surface area (Å²) in [6.45, 7) is 4.11. The molecule has 3 aromatic rings. The van der Waals surface area contributed by atoms with E-state index in [1.807, 2.05) is 12.3 Å². The van der Waals surface area contributed by atoms with Crippen molar-refractivity contribution in [2.45, 2.75) is 32.6 Å². The second-order valence-electron chi connectivity index (χ2n) is 6.39. The molecule has 6 heteroatoms. The molecule has 1 amide bonds. The van der Waals surface area contributed by atoms with Gasteiger partial charge in [0, 0.05) is 5.92 Å². The number of nitrogens with one attached hydrogen (secondary N) is 2. The molecule has 1 aliphatic rings. The van der Waals surface area contributed by atoms with E-state index in [1.54, 1.807) is 17.1 Å². The van der Waals surface area contributed by atoms with Crippen molar-refractivity contribution in [1.82, 2.24) is 20.0 Å². The highest BCUT2D eigenvalue weighted by Crippen LogP contribution is 2.40. The zero-order valence-electron chi connectivity index (χ0n) is 13.7. The molecule has 6 nitrogen and oxygen atoms in total. The molecule has 0 spiro atoms. The van der Waals surface area contributed by atoms with Gasteiger partial charge in [-0.25, -0.2) is 4.68 Å². The first-order valence-electron chi connectivity index (χ1n) is 8.09. The number of carbonyl (C=O) groups excluding carboxylic acids is 1. The Bertz CT molecular complexity index is 904. The largest absolute Gasteiger partial charge is 0.319 e. The number of anilines is 1. The maximum absolute atomic E-state index is 12.5. The van der Waals surface area contributed by atoms with E-state index in [-0.39, 0.29) is 5.91 Å². The van der Waals surface area contributed by atoms with Crippen molar-refractivity contribution < 1.29 is 4.79 Å². The number of H-pyrrole nitrogens is 1. The molecular weight excluding hydrogens is 302 g/mol. The predicted molar refractivity (Wildman–Crippen MR) is 91.6 cm³/mol. The minimum absolute atomic E-state index is 0.147. The highest BCUT2D eigenvalue weighted by atomic mass is 16.1. The summed E-state index contributed by atoms with van der Waals surface area (Å²) in [4.78, 5) is 12.5. The van der Waals surface area contributed by atoms with E-state index in [4.69, 9.17) is 0 Å². The van der Waals surface area contributed by atoms with E-state index >= 15 is 0 Å². The van der Waals surface area contributed by atoms with Crippen LogP contribution in [0.5, 0.6) is 0 Å². The molecule has 0 radical (unpaired) electrons. The van der Waals surface area contributed by atoms with Crippen molar-refractivity contribution in [3.63, 3.8) is 0 Å². The zero-order valence-corrected chi connectivity index (χ0v) is 13.7. The molecule has 2 N–H and O–H groups in total. The summed E-state index contributed by atoms with van der Waals surface area (Å²) in [5.41, 5.74) is 5.59. The molecule has 0 atom stereocenters. The highest BCUT2D eigenvalue weighted by Gasteiger charge is 2.30. The molecule has 0 saturated heterocycles. The summed E-state index contributed by atoms with van der Waals surface area (Å²) in [5, 5.41) is 14.2. The Labute approximate surface area is 139 Å². The van der Waals surface area contributed by atoms with E-state index in [1.165, 1.54) is 5.56 Å². The lowest BCUT2D eigenvalue weighted by Gasteiger charge is -2.06. The number of carbonyl (C=O) groups is 1. The Kier molecular flexibility index (Phi) is 3.45. The molecular formula is C18H19N5O. The fourth-order valence-corrected chi connectivity index (χ4v) is 2.94. The van der Waals surface area contributed by atoms with Crippen molar-refractivity contribution in [2.75, 3.05) is 5.32 Å². The normalized spacial score (nSPS) is 13.9. The molecule has 1 saturated carbocycles. The number of aromatic amines is 1. The van der Waals surface area contributed by atoms with Crippen LogP contribution in [0.2, 0.25) is 0 Å². The van der Waals surface area contributed by atoms with E-state index in [9.17, 15) is 4.79 Å². The number of benzene rings is 1. The minimum atomic E-state index is -0.147. The molecule has 1 fully saturated rings. The van der Waals surface area contributed by atoms with Crippen LogP contribution in [0.3, 0.4) is 0 Å². The van der Waals surface area contributed by atoms with Crippen LogP contribution in [0.1, 0.15) is 45.9 Å². The lowest BCUT2D eigenvalue weighted by Crippen LogP contribution is -2.12. The van der Waals surface area contributed by atoms with Gasteiger partial charge in [-0.2, -0.15) is 10.2 Å². The van der Waals surface area contributed by atoms with Crippen LogP contribution < -0.4 is 5.32 Å². The van der Waals surface area contributed by atoms with Gasteiger partial charge in [0.2, 0.25) is 0 Å². The summed E-state index contributed by atoms with van der Waals surface area (Å²) in [5.74, 6) is 0.303. The quantitative estimate of drug-likeness (QED) is 0.774. The van der Waals surface area contributed by atoms with E-state index in [0.717, 1.165) is 29.8 Å². The van der Waals surface area contributed by atoms with Crippen molar-refractivity contribution in [3.8, 4) is 5.69 Å². The Morgan fingerprint density at radius 2 is 2.12 bits per heavy atom. The van der Waals surface area contributed by atoms with Crippen molar-refractivity contribution in [2.24, 2.45) is 0 Å². The third-order valence-electron chi connectivity index (χ3n) is 4.34. The number of hydrogen-bond donors (Lipinski definition) is 2. The molecule has 122 valence electrons. The average Bonchev–Trinajstić information content (AvgIpc) is 3.08. The van der Waals surface area contributed by atoms with Gasteiger partial charge in [-0.1, -0.05) is 17.7 Å². The third-order valence-corrected chi connectivity index (χ3v) is 4.34. The Hall–Kier alpha value is -2.89. The molecule has 0 unspecified atom stereocenters. The van der Waals surface area contributed by atoms with Gasteiger partial charge < -0.3 is 5.32 Å². The fourth-order valence-electron chi connectivity index (χ4n) is 2.94. The van der Waals surface area contributed by atoms with Gasteiger partial charge in [0.1, 0.15) is 0 Å². The SMILES string of the molecule is Cc1ccc(-n2cc(NC(=O)c3cn[nH]c3C3CC3)cn2)c(C)c1. The molecule has 2 aromatic heterocycles. The van der Waals surface area contributed by atoms with Crippen molar-refractivity contribution >= 4 is 11.6 Å². The second kappa shape index (κ2) is 5.63. The molecule has 24 heavy (non-hydrogen) atoms. The second-order valence-corrected chi connectivity index (χ2v) is 6.39. The molecule has 4 rings (SSSR count). The van der Waals surface area contributed by atoms with Crippen molar-refractivity contribution in [3.05, 3.63) is 59.2 Å². The number of hydrogen-bond acceptors (Lipinski definition) is 3. The standard InChI is InChI=1S/C18H19N5O/c1-11-3-6-16(12(2)7-11)23-10-14(8-20-23)21-18(24)15-9-19-22-17(15)13-4-5-13/h3,6-10,13H,4-5H2,1-2H3,(H,19,22)(H,21,24). The van der Waals surface area contributed by atoms with Gasteiger partial charge in [0.25, 0.3) is 5.91 Å². The summed E-state index contributed by atoms with van der Waals surface area (Å²) in [6, 6.07) is 6.20. The van der Waals surface area contributed by atoms with Crippen LogP contribution in [-0.2, 0) is 0 Å². The smallest absolute Gasteiger partial charge is 0.259 e. The first-order valence-corrected chi connectivity index (χ1v) is 8.09. The lowest BCUT2D eigenvalue weighted by atomic mass is 10.1. The van der Waals surface area contributed by atoms with E-state index in [2.05, 4.69) is 46.6 Å². The monoisotopic (exact) mass is 321 g/mol. The summed E-state index contributed by atoms with van der Waals surface area (Å²) in [7, 11) is 0. The number of aromatic nitrogens is 4. The average molecular weight is 321 g/mol. The molecule has 1 aliphatic carbocycles. The first kappa shape index (κ1) is 14.7. The van der Waals surface area contributed by atoms with Crippen molar-refractivity contribution in [1.29, 1.82) is 0 Å². The first-order chi connectivity index (χ1) is 11.6. The van der Waals surface area contributed by atoms with Gasteiger partial charge in [0.05, 0.1) is 41.2 Å². The number of nitrogens with zero attached hydrogens (tertiary/aromatic N) is 3. The van der Waals surface area contributed by atoms with Crippen LogP contribution in [-0.4, -0.2) is 25.9 Å². The Morgan fingerprint density at radius 3 is 2.88 bits per heavy atom. The molecule has 2 heterocycles. The van der Waals surface area contributed by atoms with Crippen LogP contribution in [0, 0.1) is 13.8 Å².